The molecule has 0 unspecified atom stereocenters. The average Bonchev–Trinajstić information content (AvgIpc) is 3.03. The number of halogens is 1. The Balaban J connectivity index is 2.21. The predicted octanol–water partition coefficient (Wildman–Crippen LogP) is 3.35. The minimum absolute atomic E-state index is 0.0182. The number of sulfone groups is 1. The number of carbonyl (C=O) groups excluding carboxylic acids is 3. The number of nitrogens with one attached hydrogen (secondary N) is 1. The summed E-state index contributed by atoms with van der Waals surface area (Å²) in [6, 6.07) is 4.28. The van der Waals surface area contributed by atoms with Gasteiger partial charge >= 0.3 is 11.9 Å². The van der Waals surface area contributed by atoms with Crippen LogP contribution < -0.4 is 5.32 Å². The summed E-state index contributed by atoms with van der Waals surface area (Å²) in [5.41, 5.74) is 0.320. The van der Waals surface area contributed by atoms with Crippen molar-refractivity contribution in [2.45, 2.75) is 32.1 Å². The Morgan fingerprint density at radius 1 is 1.03 bits per heavy atom. The molecule has 0 fully saturated rings. The third kappa shape index (κ3) is 6.11. The van der Waals surface area contributed by atoms with Crippen molar-refractivity contribution >= 4 is 44.0 Å². The largest absolute Gasteiger partial charge is 0.462 e. The first-order valence-electron chi connectivity index (χ1n) is 9.36. The van der Waals surface area contributed by atoms with E-state index in [4.69, 9.17) is 9.47 Å². The highest BCUT2D eigenvalue weighted by Crippen LogP contribution is 2.34. The van der Waals surface area contributed by atoms with Gasteiger partial charge in [0.25, 0.3) is 0 Å². The molecule has 0 bridgehead atoms. The van der Waals surface area contributed by atoms with E-state index in [0.29, 0.717) is 5.56 Å². The van der Waals surface area contributed by atoms with Crippen LogP contribution in [0.5, 0.6) is 0 Å². The molecule has 1 aromatic heterocycles. The fourth-order valence-electron chi connectivity index (χ4n) is 2.62. The Bertz CT molecular complexity index is 1080. The van der Waals surface area contributed by atoms with Crippen molar-refractivity contribution < 1.29 is 36.7 Å². The third-order valence-electron chi connectivity index (χ3n) is 4.11. The molecule has 0 atom stereocenters. The van der Waals surface area contributed by atoms with Gasteiger partial charge in [-0.25, -0.2) is 22.4 Å². The number of esters is 2. The SMILES string of the molecule is CCOC(=O)c1sc(NC(=O)CCS(=O)(=O)c2ccc(F)cc2)c(C(=O)OCC)c1C. The van der Waals surface area contributed by atoms with Gasteiger partial charge < -0.3 is 14.8 Å². The molecule has 0 aliphatic rings. The maximum absolute atomic E-state index is 13.0. The third-order valence-corrected chi connectivity index (χ3v) is 7.03. The summed E-state index contributed by atoms with van der Waals surface area (Å²) in [5.74, 6) is -3.13. The monoisotopic (exact) mass is 471 g/mol. The topological polar surface area (TPSA) is 116 Å². The van der Waals surface area contributed by atoms with Gasteiger partial charge in [0.15, 0.2) is 9.84 Å². The van der Waals surface area contributed by atoms with E-state index in [1.807, 2.05) is 0 Å². The van der Waals surface area contributed by atoms with E-state index in [1.165, 1.54) is 6.92 Å². The summed E-state index contributed by atoms with van der Waals surface area (Å²) >= 11 is 0.850. The van der Waals surface area contributed by atoms with Crippen LogP contribution >= 0.6 is 11.3 Å². The van der Waals surface area contributed by atoms with E-state index in [0.717, 1.165) is 35.6 Å². The second kappa shape index (κ2) is 10.5. The molecule has 8 nitrogen and oxygen atoms in total. The summed E-state index contributed by atoms with van der Waals surface area (Å²) in [7, 11) is -3.81. The zero-order chi connectivity index (χ0) is 23.2. The number of amides is 1. The maximum Gasteiger partial charge on any atom is 0.348 e. The van der Waals surface area contributed by atoms with Crippen LogP contribution in [0.1, 0.15) is 45.9 Å². The van der Waals surface area contributed by atoms with Gasteiger partial charge in [-0.2, -0.15) is 0 Å². The Kier molecular flexibility index (Phi) is 8.28. The number of carbonyl (C=O) groups is 3. The first-order valence-corrected chi connectivity index (χ1v) is 11.8. The molecule has 1 amide bonds. The van der Waals surface area contributed by atoms with E-state index < -0.39 is 45.7 Å². The molecule has 2 rings (SSSR count). The van der Waals surface area contributed by atoms with E-state index in [-0.39, 0.29) is 33.6 Å². The van der Waals surface area contributed by atoms with Crippen molar-refractivity contribution in [3.05, 3.63) is 46.1 Å². The number of hydrogen-bond acceptors (Lipinski definition) is 8. The van der Waals surface area contributed by atoms with Crippen LogP contribution in [0.15, 0.2) is 29.2 Å². The van der Waals surface area contributed by atoms with E-state index >= 15 is 0 Å². The highest BCUT2D eigenvalue weighted by Gasteiger charge is 2.27. The number of hydrogen-bond donors (Lipinski definition) is 1. The van der Waals surface area contributed by atoms with Crippen LogP contribution in [0.25, 0.3) is 0 Å². The standard InChI is InChI=1S/C20H22FNO7S2/c1-4-28-19(24)16-12(3)17(20(25)29-5-2)30-18(16)22-15(23)10-11-31(26,27)14-8-6-13(21)7-9-14/h6-9H,4-5,10-11H2,1-3H3,(H,22,23). The highest BCUT2D eigenvalue weighted by molar-refractivity contribution is 7.91. The molecule has 0 spiro atoms. The van der Waals surface area contributed by atoms with Gasteiger partial charge in [-0.15, -0.1) is 11.3 Å². The molecule has 0 saturated carbocycles. The number of thiophene rings is 1. The summed E-state index contributed by atoms with van der Waals surface area (Å²) < 4.78 is 47.7. The van der Waals surface area contributed by atoms with Crippen LogP contribution in [-0.4, -0.2) is 45.2 Å². The molecule has 0 aliphatic heterocycles. The number of ether oxygens (including phenoxy) is 2. The second-order valence-electron chi connectivity index (χ2n) is 6.27. The van der Waals surface area contributed by atoms with Crippen molar-refractivity contribution in [2.75, 3.05) is 24.3 Å². The van der Waals surface area contributed by atoms with Crippen LogP contribution in [0.4, 0.5) is 9.39 Å². The van der Waals surface area contributed by atoms with Gasteiger partial charge in [0, 0.05) is 6.42 Å². The van der Waals surface area contributed by atoms with Crippen molar-refractivity contribution in [3.8, 4) is 0 Å². The van der Waals surface area contributed by atoms with Gasteiger partial charge in [0.1, 0.15) is 15.7 Å². The predicted molar refractivity (Wildman–Crippen MR) is 113 cm³/mol. The normalized spacial score (nSPS) is 11.1. The number of rotatable bonds is 9. The van der Waals surface area contributed by atoms with E-state index in [1.54, 1.807) is 13.8 Å². The van der Waals surface area contributed by atoms with Gasteiger partial charge in [-0.1, -0.05) is 0 Å². The molecule has 2 aromatic rings. The Morgan fingerprint density at radius 3 is 2.19 bits per heavy atom. The molecule has 1 N–H and O–H groups in total. The molecule has 1 aromatic carbocycles. The fraction of sp³-hybridized carbons (Fsp3) is 0.350. The molecule has 1 heterocycles. The van der Waals surface area contributed by atoms with Gasteiger partial charge in [-0.3, -0.25) is 4.79 Å². The second-order valence-corrected chi connectivity index (χ2v) is 9.40. The molecular weight excluding hydrogens is 449 g/mol. The Hall–Kier alpha value is -2.79. The molecular formula is C20H22FNO7S2. The van der Waals surface area contributed by atoms with Crippen LogP contribution in [0.3, 0.4) is 0 Å². The lowest BCUT2D eigenvalue weighted by Crippen LogP contribution is -2.18. The molecule has 0 radical (unpaired) electrons. The molecule has 11 heteroatoms. The quantitative estimate of drug-likeness (QED) is 0.440. The zero-order valence-electron chi connectivity index (χ0n) is 17.2. The van der Waals surface area contributed by atoms with Gasteiger partial charge in [0.2, 0.25) is 5.91 Å². The number of anilines is 1. The fourth-order valence-corrected chi connectivity index (χ4v) is 4.96. The minimum atomic E-state index is -3.81. The smallest absolute Gasteiger partial charge is 0.348 e. The lowest BCUT2D eigenvalue weighted by molar-refractivity contribution is -0.115. The minimum Gasteiger partial charge on any atom is -0.462 e. The molecule has 0 aliphatic carbocycles. The summed E-state index contributed by atoms with van der Waals surface area (Å²) in [5, 5.41) is 2.56. The van der Waals surface area contributed by atoms with Crippen molar-refractivity contribution in [2.24, 2.45) is 0 Å². The van der Waals surface area contributed by atoms with E-state index in [9.17, 15) is 27.2 Å². The Morgan fingerprint density at radius 2 is 1.61 bits per heavy atom. The zero-order valence-corrected chi connectivity index (χ0v) is 18.8. The van der Waals surface area contributed by atoms with Gasteiger partial charge in [0.05, 0.1) is 29.4 Å². The first kappa shape index (κ1) is 24.5. The van der Waals surface area contributed by atoms with Gasteiger partial charge in [-0.05, 0) is 50.6 Å². The number of benzene rings is 1. The van der Waals surface area contributed by atoms with Crippen LogP contribution in [0, 0.1) is 12.7 Å². The molecule has 31 heavy (non-hydrogen) atoms. The van der Waals surface area contributed by atoms with Crippen molar-refractivity contribution in [1.29, 1.82) is 0 Å². The summed E-state index contributed by atoms with van der Waals surface area (Å²) in [4.78, 5) is 36.9. The van der Waals surface area contributed by atoms with Crippen LogP contribution in [0.2, 0.25) is 0 Å². The molecule has 168 valence electrons. The Labute approximate surface area is 183 Å². The lowest BCUT2D eigenvalue weighted by Gasteiger charge is -2.08. The molecule has 0 saturated heterocycles. The van der Waals surface area contributed by atoms with Crippen molar-refractivity contribution in [3.63, 3.8) is 0 Å². The van der Waals surface area contributed by atoms with Crippen LogP contribution in [-0.2, 0) is 24.1 Å². The summed E-state index contributed by atoms with van der Waals surface area (Å²) in [6.45, 7) is 5.01. The van der Waals surface area contributed by atoms with E-state index in [2.05, 4.69) is 5.32 Å². The average molecular weight is 472 g/mol. The highest BCUT2D eigenvalue weighted by atomic mass is 32.2. The maximum atomic E-state index is 13.0. The summed E-state index contributed by atoms with van der Waals surface area (Å²) in [6.07, 6.45) is -0.409. The van der Waals surface area contributed by atoms with Crippen molar-refractivity contribution in [1.82, 2.24) is 0 Å². The lowest BCUT2D eigenvalue weighted by atomic mass is 10.1. The first-order chi connectivity index (χ1) is 14.6.